The lowest BCUT2D eigenvalue weighted by molar-refractivity contribution is 0.0893. The molecule has 2 aliphatic rings. The van der Waals surface area contributed by atoms with Crippen LogP contribution in [0.15, 0.2) is 30.5 Å². The molecule has 1 fully saturated rings. The molecule has 1 aliphatic carbocycles. The first-order valence-electron chi connectivity index (χ1n) is 10.1. The van der Waals surface area contributed by atoms with Crippen LogP contribution in [-0.2, 0) is 13.5 Å². The Morgan fingerprint density at radius 3 is 2.84 bits per heavy atom. The first-order valence-corrected chi connectivity index (χ1v) is 10.1. The number of hydrogen-bond acceptors (Lipinski definition) is 6. The minimum Gasteiger partial charge on any atom is -0.482 e. The molecule has 0 radical (unpaired) electrons. The Labute approximate surface area is 178 Å². The van der Waals surface area contributed by atoms with Crippen molar-refractivity contribution in [1.82, 2.24) is 14.8 Å². The number of hydrogen-bond donors (Lipinski definition) is 1. The van der Waals surface area contributed by atoms with E-state index >= 15 is 0 Å². The van der Waals surface area contributed by atoms with Gasteiger partial charge in [0, 0.05) is 47.3 Å². The number of carbonyl (C=O) groups excluding carboxylic acids is 1. The van der Waals surface area contributed by atoms with Crippen LogP contribution in [0.2, 0.25) is 0 Å². The Kier molecular flexibility index (Phi) is 4.12. The lowest BCUT2D eigenvalue weighted by atomic mass is 9.85. The molecule has 0 saturated heterocycles. The van der Waals surface area contributed by atoms with E-state index in [0.717, 1.165) is 0 Å². The van der Waals surface area contributed by atoms with Gasteiger partial charge in [-0.3, -0.25) is 9.48 Å². The van der Waals surface area contributed by atoms with Crippen molar-refractivity contribution in [3.63, 3.8) is 0 Å². The first-order chi connectivity index (χ1) is 14.8. The van der Waals surface area contributed by atoms with Crippen LogP contribution in [0.3, 0.4) is 0 Å². The van der Waals surface area contributed by atoms with E-state index in [4.69, 9.17) is 10.5 Å². The zero-order valence-electron chi connectivity index (χ0n) is 17.1. The van der Waals surface area contributed by atoms with Crippen molar-refractivity contribution in [2.45, 2.75) is 32.3 Å². The smallest absolute Gasteiger partial charge is 0.169 e. The molecular weight excluding hydrogens is 397 g/mol. The zero-order chi connectivity index (χ0) is 21.9. The van der Waals surface area contributed by atoms with Crippen LogP contribution in [0.5, 0.6) is 5.75 Å². The monoisotopic (exact) mass is 417 g/mol. The third-order valence-corrected chi connectivity index (χ3v) is 6.24. The molecule has 2 bridgehead atoms. The molecule has 31 heavy (non-hydrogen) atoms. The second-order valence-electron chi connectivity index (χ2n) is 8.29. The number of ketones is 1. The number of nitrogens with zero attached hydrogens (tertiary/aromatic N) is 4. The minimum absolute atomic E-state index is 0.0524. The summed E-state index contributed by atoms with van der Waals surface area (Å²) < 4.78 is 21.7. The van der Waals surface area contributed by atoms with Gasteiger partial charge in [-0.25, -0.2) is 9.37 Å². The average molecular weight is 417 g/mol. The van der Waals surface area contributed by atoms with Crippen molar-refractivity contribution >= 4 is 11.6 Å². The average Bonchev–Trinajstić information content (AvgIpc) is 3.45. The lowest BCUT2D eigenvalue weighted by Crippen LogP contribution is -2.23. The van der Waals surface area contributed by atoms with Crippen molar-refractivity contribution in [2.24, 2.45) is 12.5 Å². The Morgan fingerprint density at radius 2 is 2.13 bits per heavy atom. The van der Waals surface area contributed by atoms with Gasteiger partial charge < -0.3 is 10.5 Å². The summed E-state index contributed by atoms with van der Waals surface area (Å²) in [4.78, 5) is 17.9. The van der Waals surface area contributed by atoms with E-state index in [1.807, 2.05) is 0 Å². The number of nitrogens with two attached hydrogens (primary N) is 1. The van der Waals surface area contributed by atoms with Crippen LogP contribution in [0.1, 0.15) is 53.2 Å². The van der Waals surface area contributed by atoms with Gasteiger partial charge in [0.1, 0.15) is 23.7 Å². The molecular formula is C23H20FN5O2. The van der Waals surface area contributed by atoms with E-state index in [9.17, 15) is 14.4 Å². The summed E-state index contributed by atoms with van der Waals surface area (Å²) in [7, 11) is 1.70. The van der Waals surface area contributed by atoms with E-state index < -0.39 is 17.3 Å². The predicted molar refractivity (Wildman–Crippen MR) is 111 cm³/mol. The van der Waals surface area contributed by atoms with Crippen LogP contribution in [0, 0.1) is 22.6 Å². The summed E-state index contributed by atoms with van der Waals surface area (Å²) in [5.41, 5.74) is 8.63. The molecule has 0 unspecified atom stereocenters. The molecule has 1 spiro atoms. The molecule has 2 aromatic heterocycles. The van der Waals surface area contributed by atoms with Gasteiger partial charge in [-0.15, -0.1) is 0 Å². The summed E-state index contributed by atoms with van der Waals surface area (Å²) in [5, 5.41) is 14.3. The molecule has 2 N–H and O–H groups in total. The van der Waals surface area contributed by atoms with Crippen molar-refractivity contribution in [3.05, 3.63) is 58.8 Å². The fraction of sp³-hybridized carbons (Fsp3) is 0.304. The molecule has 1 atom stereocenters. The Bertz CT molecular complexity index is 1290. The van der Waals surface area contributed by atoms with Gasteiger partial charge >= 0.3 is 0 Å². The van der Waals surface area contributed by atoms with Crippen molar-refractivity contribution < 1.29 is 13.9 Å². The third-order valence-electron chi connectivity index (χ3n) is 6.24. The lowest BCUT2D eigenvalue weighted by Gasteiger charge is -2.22. The van der Waals surface area contributed by atoms with Crippen LogP contribution >= 0.6 is 0 Å². The van der Waals surface area contributed by atoms with Crippen molar-refractivity contribution in [3.8, 4) is 22.9 Å². The van der Waals surface area contributed by atoms with Gasteiger partial charge in [0.05, 0.1) is 5.69 Å². The van der Waals surface area contributed by atoms with E-state index in [1.54, 1.807) is 26.2 Å². The SMILES string of the molecule is C[C@H]1Oc2cc(cnc2N)-c2c(nn(C)c2C#N)CC2(CC2)C(=O)c2ccc(F)cc21. The number of halogens is 1. The first kappa shape index (κ1) is 19.2. The van der Waals surface area contributed by atoms with Gasteiger partial charge in [-0.1, -0.05) is 0 Å². The number of benzene rings is 1. The van der Waals surface area contributed by atoms with Gasteiger partial charge in [-0.2, -0.15) is 10.4 Å². The molecule has 7 nitrogen and oxygen atoms in total. The van der Waals surface area contributed by atoms with Crippen LogP contribution in [0.4, 0.5) is 10.2 Å². The van der Waals surface area contributed by atoms with E-state index in [2.05, 4.69) is 16.2 Å². The van der Waals surface area contributed by atoms with Crippen LogP contribution < -0.4 is 10.5 Å². The number of anilines is 1. The van der Waals surface area contributed by atoms with E-state index in [-0.39, 0.29) is 11.6 Å². The number of ether oxygens (including phenoxy) is 1. The predicted octanol–water partition coefficient (Wildman–Crippen LogP) is 3.73. The third kappa shape index (κ3) is 2.96. The molecule has 3 aromatic rings. The van der Waals surface area contributed by atoms with Gasteiger partial charge in [0.15, 0.2) is 17.4 Å². The molecule has 1 aliphatic heterocycles. The highest BCUT2D eigenvalue weighted by Crippen LogP contribution is 2.52. The molecule has 0 amide bonds. The second-order valence-corrected chi connectivity index (χ2v) is 8.29. The molecule has 8 heteroatoms. The number of carbonyl (C=O) groups is 1. The molecule has 5 rings (SSSR count). The topological polar surface area (TPSA) is 107 Å². The van der Waals surface area contributed by atoms with Gasteiger partial charge in [0.2, 0.25) is 0 Å². The number of nitriles is 1. The Hall–Kier alpha value is -3.73. The maximum absolute atomic E-state index is 14.1. The zero-order valence-corrected chi connectivity index (χ0v) is 17.1. The summed E-state index contributed by atoms with van der Waals surface area (Å²) in [6.07, 6.45) is 2.76. The van der Waals surface area contributed by atoms with Gasteiger partial charge in [-0.05, 0) is 44.0 Å². The minimum atomic E-state index is -0.631. The normalized spacial score (nSPS) is 18.8. The summed E-state index contributed by atoms with van der Waals surface area (Å²) in [5.74, 6) is -0.0273. The van der Waals surface area contributed by atoms with Crippen LogP contribution in [-0.4, -0.2) is 20.5 Å². The fourth-order valence-corrected chi connectivity index (χ4v) is 4.39. The number of aryl methyl sites for hydroxylation is 1. The van der Waals surface area contributed by atoms with E-state index in [1.165, 1.54) is 22.9 Å². The standard InChI is InChI=1S/C23H20FN5O2/c1-12-16-8-14(24)3-4-15(16)21(30)23(5-6-23)9-17-20(18(10-25)29(2)28-17)13-7-19(31-12)22(26)27-11-13/h3-4,7-8,11-12H,5-6,9H2,1-2H3,(H2,26,27)/t12-/m1/s1. The summed E-state index contributed by atoms with van der Waals surface area (Å²) in [6.45, 7) is 1.75. The number of rotatable bonds is 0. The molecule has 1 aromatic carbocycles. The molecule has 156 valence electrons. The quantitative estimate of drug-likeness (QED) is 0.597. The number of Topliss-reactive ketones (excluding diaryl/α,β-unsaturated/α-hetero) is 1. The van der Waals surface area contributed by atoms with E-state index in [0.29, 0.717) is 58.7 Å². The van der Waals surface area contributed by atoms with Crippen molar-refractivity contribution in [2.75, 3.05) is 5.73 Å². The highest BCUT2D eigenvalue weighted by molar-refractivity contribution is 6.04. The Morgan fingerprint density at radius 1 is 1.35 bits per heavy atom. The molecule has 1 saturated carbocycles. The summed E-state index contributed by atoms with van der Waals surface area (Å²) >= 11 is 0. The maximum Gasteiger partial charge on any atom is 0.169 e. The Balaban J connectivity index is 1.78. The number of fused-ring (bicyclic) bond motifs is 5. The van der Waals surface area contributed by atoms with Gasteiger partial charge in [0.25, 0.3) is 0 Å². The number of aromatic nitrogens is 3. The summed E-state index contributed by atoms with van der Waals surface area (Å²) in [6, 6.07) is 8.09. The highest BCUT2D eigenvalue weighted by atomic mass is 19.1. The fourth-order valence-electron chi connectivity index (χ4n) is 4.39. The molecule has 3 heterocycles. The largest absolute Gasteiger partial charge is 0.482 e. The second kappa shape index (κ2) is 6.64. The maximum atomic E-state index is 14.1. The van der Waals surface area contributed by atoms with Crippen LogP contribution in [0.25, 0.3) is 11.1 Å². The highest BCUT2D eigenvalue weighted by Gasteiger charge is 2.51. The number of pyridine rings is 1. The van der Waals surface area contributed by atoms with Crippen molar-refractivity contribution in [1.29, 1.82) is 5.26 Å². The number of nitrogen functional groups attached to an aromatic ring is 1.